The summed E-state index contributed by atoms with van der Waals surface area (Å²) < 4.78 is 6.05. The molecular weight excluding hydrogens is 282 g/mol. The zero-order valence-corrected chi connectivity index (χ0v) is 13.6. The first kappa shape index (κ1) is 14.7. The fourth-order valence-electron chi connectivity index (χ4n) is 2.99. The van der Waals surface area contributed by atoms with E-state index in [1.54, 1.807) is 11.3 Å². The number of anilines is 1. The molecule has 1 aliphatic carbocycles. The molecule has 0 aliphatic heterocycles. The lowest BCUT2D eigenvalue weighted by molar-refractivity contribution is 0.00179. The first-order valence-electron chi connectivity index (χ1n) is 7.86. The number of fused-ring (bicyclic) bond motifs is 1. The number of hydrogen-bond acceptors (Lipinski definition) is 5. The fraction of sp³-hybridized carbons (Fsp3) is 0.625. The molecule has 1 fully saturated rings. The second-order valence-electron chi connectivity index (χ2n) is 5.86. The number of aromatic nitrogens is 2. The van der Waals surface area contributed by atoms with E-state index in [-0.39, 0.29) is 0 Å². The van der Waals surface area contributed by atoms with Gasteiger partial charge in [-0.05, 0) is 37.1 Å². The molecular formula is C16H23N3OS. The van der Waals surface area contributed by atoms with Crippen LogP contribution in [0.15, 0.2) is 11.4 Å². The Morgan fingerprint density at radius 1 is 1.38 bits per heavy atom. The maximum atomic E-state index is 6.05. The molecule has 0 spiro atoms. The van der Waals surface area contributed by atoms with Crippen LogP contribution in [0.4, 0.5) is 5.82 Å². The number of thiophene rings is 1. The molecule has 1 saturated carbocycles. The maximum absolute atomic E-state index is 6.05. The van der Waals surface area contributed by atoms with E-state index < -0.39 is 0 Å². The Labute approximate surface area is 129 Å². The summed E-state index contributed by atoms with van der Waals surface area (Å²) in [6.45, 7) is 5.78. The van der Waals surface area contributed by atoms with Gasteiger partial charge in [0.15, 0.2) is 5.82 Å². The van der Waals surface area contributed by atoms with Crippen LogP contribution in [0.5, 0.6) is 0 Å². The standard InChI is InChI=1S/C16H23N3OS/c1-3-17-15-13-7-8-21-16(13)19-14(18-15)10-20-12-6-4-5-11(2)9-12/h7-8,11-12H,3-6,9-10H2,1-2H3,(H,17,18,19). The molecule has 0 bridgehead atoms. The third-order valence-electron chi connectivity index (χ3n) is 4.05. The molecule has 0 radical (unpaired) electrons. The van der Waals surface area contributed by atoms with Gasteiger partial charge in [0.05, 0.1) is 11.5 Å². The van der Waals surface area contributed by atoms with Gasteiger partial charge in [-0.1, -0.05) is 19.8 Å². The molecule has 2 aromatic heterocycles. The Morgan fingerprint density at radius 3 is 3.10 bits per heavy atom. The van der Waals surface area contributed by atoms with Crippen LogP contribution in [0.2, 0.25) is 0 Å². The van der Waals surface area contributed by atoms with Gasteiger partial charge < -0.3 is 10.1 Å². The van der Waals surface area contributed by atoms with Gasteiger partial charge >= 0.3 is 0 Å². The van der Waals surface area contributed by atoms with Crippen LogP contribution in [-0.4, -0.2) is 22.6 Å². The van der Waals surface area contributed by atoms with E-state index >= 15 is 0 Å². The molecule has 5 heteroatoms. The van der Waals surface area contributed by atoms with Gasteiger partial charge in [-0.25, -0.2) is 9.97 Å². The summed E-state index contributed by atoms with van der Waals surface area (Å²) in [5.74, 6) is 2.50. The highest BCUT2D eigenvalue weighted by Gasteiger charge is 2.20. The van der Waals surface area contributed by atoms with Gasteiger partial charge in [-0.3, -0.25) is 0 Å². The van der Waals surface area contributed by atoms with E-state index in [1.165, 1.54) is 25.7 Å². The second-order valence-corrected chi connectivity index (χ2v) is 6.76. The van der Waals surface area contributed by atoms with Gasteiger partial charge in [0.1, 0.15) is 17.3 Å². The van der Waals surface area contributed by atoms with Crippen molar-refractivity contribution in [2.75, 3.05) is 11.9 Å². The van der Waals surface area contributed by atoms with E-state index in [2.05, 4.69) is 40.6 Å². The van der Waals surface area contributed by atoms with Crippen LogP contribution >= 0.6 is 11.3 Å². The minimum Gasteiger partial charge on any atom is -0.370 e. The van der Waals surface area contributed by atoms with Crippen LogP contribution in [0.25, 0.3) is 10.2 Å². The molecule has 2 atom stereocenters. The number of ether oxygens (including phenoxy) is 1. The quantitative estimate of drug-likeness (QED) is 0.898. The monoisotopic (exact) mass is 305 g/mol. The van der Waals surface area contributed by atoms with Crippen molar-refractivity contribution in [1.29, 1.82) is 0 Å². The molecule has 0 aromatic carbocycles. The summed E-state index contributed by atoms with van der Waals surface area (Å²) in [6, 6.07) is 2.07. The predicted molar refractivity (Wildman–Crippen MR) is 87.8 cm³/mol. The smallest absolute Gasteiger partial charge is 0.158 e. The molecule has 2 unspecified atom stereocenters. The number of nitrogens with zero attached hydrogens (tertiary/aromatic N) is 2. The third-order valence-corrected chi connectivity index (χ3v) is 4.86. The highest BCUT2D eigenvalue weighted by atomic mass is 32.1. The topological polar surface area (TPSA) is 47.0 Å². The molecule has 1 N–H and O–H groups in total. The summed E-state index contributed by atoms with van der Waals surface area (Å²) in [4.78, 5) is 10.3. The van der Waals surface area contributed by atoms with Gasteiger partial charge in [0, 0.05) is 6.54 Å². The molecule has 2 aromatic rings. The second kappa shape index (κ2) is 6.71. The minimum absolute atomic E-state index is 0.374. The fourth-order valence-corrected chi connectivity index (χ4v) is 3.77. The Balaban J connectivity index is 1.71. The van der Waals surface area contributed by atoms with Crippen molar-refractivity contribution in [2.24, 2.45) is 5.92 Å². The average Bonchev–Trinajstić information content (AvgIpc) is 2.94. The van der Waals surface area contributed by atoms with Crippen LogP contribution < -0.4 is 5.32 Å². The molecule has 0 amide bonds. The molecule has 21 heavy (non-hydrogen) atoms. The SMILES string of the molecule is CCNc1nc(COC2CCCC(C)C2)nc2sccc12. The maximum Gasteiger partial charge on any atom is 0.158 e. The van der Waals surface area contributed by atoms with E-state index in [0.717, 1.165) is 34.3 Å². The normalized spacial score (nSPS) is 22.6. The van der Waals surface area contributed by atoms with Gasteiger partial charge in [0.25, 0.3) is 0 Å². The zero-order valence-electron chi connectivity index (χ0n) is 12.8. The molecule has 4 nitrogen and oxygen atoms in total. The van der Waals surface area contributed by atoms with Crippen molar-refractivity contribution in [3.05, 3.63) is 17.3 Å². The van der Waals surface area contributed by atoms with Crippen LogP contribution in [-0.2, 0) is 11.3 Å². The van der Waals surface area contributed by atoms with Gasteiger partial charge in [-0.2, -0.15) is 0 Å². The summed E-state index contributed by atoms with van der Waals surface area (Å²) in [6.07, 6.45) is 5.33. The molecule has 2 heterocycles. The Kier molecular flexibility index (Phi) is 4.70. The van der Waals surface area contributed by atoms with Crippen molar-refractivity contribution in [1.82, 2.24) is 9.97 Å². The van der Waals surface area contributed by atoms with Crippen molar-refractivity contribution >= 4 is 27.4 Å². The van der Waals surface area contributed by atoms with Crippen LogP contribution in [0, 0.1) is 5.92 Å². The van der Waals surface area contributed by atoms with E-state index in [9.17, 15) is 0 Å². The summed E-state index contributed by atoms with van der Waals surface area (Å²) in [7, 11) is 0. The van der Waals surface area contributed by atoms with E-state index in [0.29, 0.717) is 12.7 Å². The average molecular weight is 305 g/mol. The van der Waals surface area contributed by atoms with E-state index in [1.807, 2.05) is 0 Å². The lowest BCUT2D eigenvalue weighted by atomic mass is 9.89. The molecule has 0 saturated heterocycles. The van der Waals surface area contributed by atoms with Crippen LogP contribution in [0.1, 0.15) is 45.4 Å². The predicted octanol–water partition coefficient (Wildman–Crippen LogP) is 4.22. The summed E-state index contributed by atoms with van der Waals surface area (Å²) in [5, 5.41) is 6.49. The van der Waals surface area contributed by atoms with Crippen molar-refractivity contribution < 1.29 is 4.74 Å². The van der Waals surface area contributed by atoms with Crippen molar-refractivity contribution in [3.8, 4) is 0 Å². The lowest BCUT2D eigenvalue weighted by Gasteiger charge is -2.26. The highest BCUT2D eigenvalue weighted by molar-refractivity contribution is 7.16. The van der Waals surface area contributed by atoms with Gasteiger partial charge in [-0.15, -0.1) is 11.3 Å². The number of rotatable bonds is 5. The Morgan fingerprint density at radius 2 is 2.29 bits per heavy atom. The highest BCUT2D eigenvalue weighted by Crippen LogP contribution is 2.28. The minimum atomic E-state index is 0.374. The Bertz CT molecular complexity index is 598. The van der Waals surface area contributed by atoms with Crippen LogP contribution in [0.3, 0.4) is 0 Å². The first-order chi connectivity index (χ1) is 10.3. The Hall–Kier alpha value is -1.20. The molecule has 3 rings (SSSR count). The molecule has 114 valence electrons. The number of nitrogens with one attached hydrogen (secondary N) is 1. The van der Waals surface area contributed by atoms with Gasteiger partial charge in [0.2, 0.25) is 0 Å². The summed E-state index contributed by atoms with van der Waals surface area (Å²) >= 11 is 1.66. The third kappa shape index (κ3) is 3.52. The first-order valence-corrected chi connectivity index (χ1v) is 8.73. The van der Waals surface area contributed by atoms with E-state index in [4.69, 9.17) is 4.74 Å². The zero-order chi connectivity index (χ0) is 14.7. The molecule has 1 aliphatic rings. The number of hydrogen-bond donors (Lipinski definition) is 1. The van der Waals surface area contributed by atoms with Crippen molar-refractivity contribution in [2.45, 2.75) is 52.2 Å². The lowest BCUT2D eigenvalue weighted by Crippen LogP contribution is -2.21. The largest absolute Gasteiger partial charge is 0.370 e. The van der Waals surface area contributed by atoms with Crippen molar-refractivity contribution in [3.63, 3.8) is 0 Å². The summed E-state index contributed by atoms with van der Waals surface area (Å²) in [5.41, 5.74) is 0.